The standard InChI is InChI=1S/C13H20BrN3O/c1-2-18-12-7-9-15-13(16-12)17(10-4-8-14)11-5-3-6-11/h7,9,11H,2-6,8,10H2,1H3. The van der Waals surface area contributed by atoms with Gasteiger partial charge in [0.25, 0.3) is 0 Å². The number of nitrogens with zero attached hydrogens (tertiary/aromatic N) is 3. The Labute approximate surface area is 117 Å². The van der Waals surface area contributed by atoms with Crippen molar-refractivity contribution in [1.29, 1.82) is 0 Å². The van der Waals surface area contributed by atoms with E-state index in [1.54, 1.807) is 6.20 Å². The average Bonchev–Trinajstić information content (AvgIpc) is 2.33. The maximum atomic E-state index is 5.45. The SMILES string of the molecule is CCOc1ccnc(N(CCCBr)C2CCC2)n1. The molecular weight excluding hydrogens is 294 g/mol. The Bertz CT molecular complexity index is 371. The van der Waals surface area contributed by atoms with Crippen molar-refractivity contribution in [3.63, 3.8) is 0 Å². The zero-order chi connectivity index (χ0) is 12.8. The van der Waals surface area contributed by atoms with Crippen LogP contribution in [-0.4, -0.2) is 34.5 Å². The molecule has 18 heavy (non-hydrogen) atoms. The van der Waals surface area contributed by atoms with E-state index in [0.29, 0.717) is 18.5 Å². The molecule has 0 atom stereocenters. The Morgan fingerprint density at radius 1 is 1.50 bits per heavy atom. The van der Waals surface area contributed by atoms with Crippen LogP contribution in [0.25, 0.3) is 0 Å². The number of hydrogen-bond donors (Lipinski definition) is 0. The van der Waals surface area contributed by atoms with E-state index in [1.807, 2.05) is 13.0 Å². The molecule has 0 saturated heterocycles. The molecule has 1 aliphatic rings. The van der Waals surface area contributed by atoms with Crippen LogP contribution in [0.2, 0.25) is 0 Å². The Hall–Kier alpha value is -0.840. The second-order valence-electron chi connectivity index (χ2n) is 4.45. The van der Waals surface area contributed by atoms with E-state index in [2.05, 4.69) is 30.8 Å². The Morgan fingerprint density at radius 3 is 2.94 bits per heavy atom. The number of alkyl halides is 1. The van der Waals surface area contributed by atoms with Crippen LogP contribution in [-0.2, 0) is 0 Å². The minimum Gasteiger partial charge on any atom is -0.478 e. The first-order valence-electron chi connectivity index (χ1n) is 6.63. The predicted octanol–water partition coefficient (Wildman–Crippen LogP) is 3.02. The summed E-state index contributed by atoms with van der Waals surface area (Å²) in [6, 6.07) is 2.43. The van der Waals surface area contributed by atoms with Crippen molar-refractivity contribution in [3.05, 3.63) is 12.3 Å². The molecule has 0 spiro atoms. The summed E-state index contributed by atoms with van der Waals surface area (Å²) in [7, 11) is 0. The summed E-state index contributed by atoms with van der Waals surface area (Å²) in [5.41, 5.74) is 0. The van der Waals surface area contributed by atoms with Crippen molar-refractivity contribution in [3.8, 4) is 5.88 Å². The number of ether oxygens (including phenoxy) is 1. The van der Waals surface area contributed by atoms with Crippen LogP contribution in [0.4, 0.5) is 5.95 Å². The molecule has 1 aromatic heterocycles. The first-order valence-corrected chi connectivity index (χ1v) is 7.75. The van der Waals surface area contributed by atoms with Gasteiger partial charge in [0.05, 0.1) is 6.61 Å². The molecule has 0 N–H and O–H groups in total. The summed E-state index contributed by atoms with van der Waals surface area (Å²) in [4.78, 5) is 11.2. The van der Waals surface area contributed by atoms with E-state index >= 15 is 0 Å². The highest BCUT2D eigenvalue weighted by Crippen LogP contribution is 2.28. The lowest BCUT2D eigenvalue weighted by Crippen LogP contribution is -2.42. The number of halogens is 1. The van der Waals surface area contributed by atoms with Crippen LogP contribution < -0.4 is 9.64 Å². The van der Waals surface area contributed by atoms with Gasteiger partial charge in [0, 0.05) is 30.2 Å². The molecule has 4 nitrogen and oxygen atoms in total. The van der Waals surface area contributed by atoms with Gasteiger partial charge in [0.1, 0.15) is 0 Å². The fraction of sp³-hybridized carbons (Fsp3) is 0.692. The normalized spacial score (nSPS) is 15.2. The Morgan fingerprint density at radius 2 is 2.33 bits per heavy atom. The number of rotatable bonds is 7. The van der Waals surface area contributed by atoms with Gasteiger partial charge in [-0.05, 0) is 32.6 Å². The molecule has 2 rings (SSSR count). The van der Waals surface area contributed by atoms with Crippen LogP contribution in [0, 0.1) is 0 Å². The summed E-state index contributed by atoms with van der Waals surface area (Å²) in [6.07, 6.45) is 6.72. The van der Waals surface area contributed by atoms with Gasteiger partial charge in [0.2, 0.25) is 11.8 Å². The molecule has 1 aromatic rings. The highest BCUT2D eigenvalue weighted by atomic mass is 79.9. The molecule has 0 radical (unpaired) electrons. The smallest absolute Gasteiger partial charge is 0.228 e. The molecule has 0 bridgehead atoms. The fourth-order valence-electron chi connectivity index (χ4n) is 2.07. The first-order chi connectivity index (χ1) is 8.85. The van der Waals surface area contributed by atoms with Crippen LogP contribution in [0.5, 0.6) is 5.88 Å². The van der Waals surface area contributed by atoms with Crippen molar-refractivity contribution >= 4 is 21.9 Å². The van der Waals surface area contributed by atoms with Gasteiger partial charge in [0.15, 0.2) is 0 Å². The third-order valence-corrected chi connectivity index (χ3v) is 3.78. The van der Waals surface area contributed by atoms with E-state index in [9.17, 15) is 0 Å². The van der Waals surface area contributed by atoms with E-state index in [-0.39, 0.29) is 0 Å². The van der Waals surface area contributed by atoms with Crippen molar-refractivity contribution in [2.45, 2.75) is 38.6 Å². The van der Waals surface area contributed by atoms with Crippen LogP contribution in [0.1, 0.15) is 32.6 Å². The molecule has 1 fully saturated rings. The number of anilines is 1. The summed E-state index contributed by atoms with van der Waals surface area (Å²) in [5.74, 6) is 1.48. The highest BCUT2D eigenvalue weighted by Gasteiger charge is 2.26. The molecule has 0 aromatic carbocycles. The quantitative estimate of drug-likeness (QED) is 0.725. The van der Waals surface area contributed by atoms with Gasteiger partial charge in [-0.25, -0.2) is 4.98 Å². The van der Waals surface area contributed by atoms with Crippen molar-refractivity contribution < 1.29 is 4.74 Å². The van der Waals surface area contributed by atoms with Crippen LogP contribution in [0.3, 0.4) is 0 Å². The molecule has 0 unspecified atom stereocenters. The summed E-state index contributed by atoms with van der Waals surface area (Å²) < 4.78 is 5.45. The van der Waals surface area contributed by atoms with Gasteiger partial charge in [-0.2, -0.15) is 4.98 Å². The largest absolute Gasteiger partial charge is 0.478 e. The predicted molar refractivity (Wildman–Crippen MR) is 76.6 cm³/mol. The molecule has 5 heteroatoms. The number of hydrogen-bond acceptors (Lipinski definition) is 4. The third kappa shape index (κ3) is 3.34. The van der Waals surface area contributed by atoms with Crippen molar-refractivity contribution in [2.75, 3.05) is 23.4 Å². The van der Waals surface area contributed by atoms with Gasteiger partial charge >= 0.3 is 0 Å². The molecular formula is C13H20BrN3O. The lowest BCUT2D eigenvalue weighted by molar-refractivity contribution is 0.324. The minimum absolute atomic E-state index is 0.612. The Balaban J connectivity index is 2.10. The molecule has 100 valence electrons. The molecule has 0 amide bonds. The van der Waals surface area contributed by atoms with Gasteiger partial charge in [-0.3, -0.25) is 0 Å². The van der Waals surface area contributed by atoms with Crippen LogP contribution in [0.15, 0.2) is 12.3 Å². The molecule has 1 aliphatic carbocycles. The third-order valence-electron chi connectivity index (χ3n) is 3.21. The maximum Gasteiger partial charge on any atom is 0.228 e. The van der Waals surface area contributed by atoms with E-state index < -0.39 is 0 Å². The second kappa shape index (κ2) is 6.92. The monoisotopic (exact) mass is 313 g/mol. The van der Waals surface area contributed by atoms with E-state index in [1.165, 1.54) is 19.3 Å². The topological polar surface area (TPSA) is 38.2 Å². The number of aromatic nitrogens is 2. The molecule has 0 aliphatic heterocycles. The first kappa shape index (κ1) is 13.6. The Kier molecular flexibility index (Phi) is 5.23. The lowest BCUT2D eigenvalue weighted by Gasteiger charge is -2.37. The van der Waals surface area contributed by atoms with Crippen molar-refractivity contribution in [2.24, 2.45) is 0 Å². The maximum absolute atomic E-state index is 5.45. The van der Waals surface area contributed by atoms with Gasteiger partial charge in [-0.15, -0.1) is 0 Å². The zero-order valence-electron chi connectivity index (χ0n) is 10.8. The summed E-state index contributed by atoms with van der Waals surface area (Å²) >= 11 is 3.49. The second-order valence-corrected chi connectivity index (χ2v) is 5.24. The van der Waals surface area contributed by atoms with Gasteiger partial charge in [-0.1, -0.05) is 15.9 Å². The lowest BCUT2D eigenvalue weighted by atomic mass is 9.91. The summed E-state index contributed by atoms with van der Waals surface area (Å²) in [6.45, 7) is 3.61. The summed E-state index contributed by atoms with van der Waals surface area (Å²) in [5, 5.41) is 1.02. The molecule has 1 heterocycles. The van der Waals surface area contributed by atoms with E-state index in [0.717, 1.165) is 24.2 Å². The fourth-order valence-corrected chi connectivity index (χ4v) is 2.32. The zero-order valence-corrected chi connectivity index (χ0v) is 12.4. The van der Waals surface area contributed by atoms with Crippen LogP contribution >= 0.6 is 15.9 Å². The minimum atomic E-state index is 0.612. The van der Waals surface area contributed by atoms with Crippen molar-refractivity contribution in [1.82, 2.24) is 9.97 Å². The highest BCUT2D eigenvalue weighted by molar-refractivity contribution is 9.09. The van der Waals surface area contributed by atoms with E-state index in [4.69, 9.17) is 4.74 Å². The molecule has 1 saturated carbocycles. The van der Waals surface area contributed by atoms with Gasteiger partial charge < -0.3 is 9.64 Å². The average molecular weight is 314 g/mol.